The first kappa shape index (κ1) is 14.2. The fraction of sp³-hybridized carbons (Fsp3) is 1.00. The maximum Gasteiger partial charge on any atom is 0.0244 e. The first-order valence-electron chi connectivity index (χ1n) is 6.63. The van der Waals surface area contributed by atoms with E-state index in [2.05, 4.69) is 19.2 Å². The number of rotatable bonds is 6. The third kappa shape index (κ3) is 5.44. The molecule has 0 saturated heterocycles. The lowest BCUT2D eigenvalue weighted by atomic mass is 9.80. The molecule has 0 spiro atoms. The van der Waals surface area contributed by atoms with E-state index in [1.165, 1.54) is 25.7 Å². The molecule has 0 bridgehead atoms. The Morgan fingerprint density at radius 3 is 2.38 bits per heavy atom. The monoisotopic (exact) mass is 245 g/mol. The van der Waals surface area contributed by atoms with Gasteiger partial charge in [-0.05, 0) is 50.5 Å². The minimum Gasteiger partial charge on any atom is -0.314 e. The Morgan fingerprint density at radius 1 is 1.25 bits per heavy atom. The van der Waals surface area contributed by atoms with Crippen LogP contribution in [0.25, 0.3) is 0 Å². The van der Waals surface area contributed by atoms with Gasteiger partial charge < -0.3 is 5.32 Å². The van der Waals surface area contributed by atoms with E-state index in [0.29, 0.717) is 0 Å². The molecule has 0 aromatic rings. The summed E-state index contributed by atoms with van der Waals surface area (Å²) in [6, 6.07) is 0.722. The Labute approximate surface area is 103 Å². The Hall–Kier alpha value is 0.110. The molecule has 3 heteroatoms. The summed E-state index contributed by atoms with van der Waals surface area (Å²) in [6.07, 6.45) is 8.27. The molecule has 0 aromatic carbocycles. The molecule has 1 N–H and O–H groups in total. The van der Waals surface area contributed by atoms with Gasteiger partial charge in [0.15, 0.2) is 0 Å². The van der Waals surface area contributed by atoms with E-state index >= 15 is 0 Å². The van der Waals surface area contributed by atoms with E-state index in [1.54, 1.807) is 6.26 Å². The van der Waals surface area contributed by atoms with Gasteiger partial charge >= 0.3 is 0 Å². The smallest absolute Gasteiger partial charge is 0.0244 e. The van der Waals surface area contributed by atoms with Crippen molar-refractivity contribution in [3.05, 3.63) is 0 Å². The largest absolute Gasteiger partial charge is 0.314 e. The summed E-state index contributed by atoms with van der Waals surface area (Å²) < 4.78 is 10.9. The maximum absolute atomic E-state index is 10.9. The molecule has 0 heterocycles. The summed E-state index contributed by atoms with van der Waals surface area (Å²) in [5, 5.41) is 3.60. The van der Waals surface area contributed by atoms with Gasteiger partial charge in [-0.25, -0.2) is 0 Å². The van der Waals surface area contributed by atoms with Gasteiger partial charge in [-0.2, -0.15) is 0 Å². The first-order valence-corrected chi connectivity index (χ1v) is 8.35. The van der Waals surface area contributed by atoms with Crippen LogP contribution in [0.4, 0.5) is 0 Å². The normalized spacial score (nSPS) is 28.2. The van der Waals surface area contributed by atoms with Crippen LogP contribution in [0.3, 0.4) is 0 Å². The maximum atomic E-state index is 10.9. The summed E-state index contributed by atoms with van der Waals surface area (Å²) >= 11 is 0. The highest BCUT2D eigenvalue weighted by Gasteiger charge is 2.22. The van der Waals surface area contributed by atoms with Crippen molar-refractivity contribution in [3.8, 4) is 0 Å². The summed E-state index contributed by atoms with van der Waals surface area (Å²) in [7, 11) is -0.624. The summed E-state index contributed by atoms with van der Waals surface area (Å²) in [6.45, 7) is 5.72. The lowest BCUT2D eigenvalue weighted by Crippen LogP contribution is -2.35. The van der Waals surface area contributed by atoms with Crippen LogP contribution in [-0.4, -0.2) is 28.8 Å². The lowest BCUT2D eigenvalue weighted by molar-refractivity contribution is 0.239. The van der Waals surface area contributed by atoms with Crippen molar-refractivity contribution in [2.45, 2.75) is 52.0 Å². The highest BCUT2D eigenvalue weighted by Crippen LogP contribution is 2.29. The highest BCUT2D eigenvalue weighted by molar-refractivity contribution is 7.84. The molecule has 0 aliphatic heterocycles. The molecule has 1 saturated carbocycles. The van der Waals surface area contributed by atoms with Gasteiger partial charge in [0, 0.05) is 28.9 Å². The molecule has 96 valence electrons. The molecule has 1 aliphatic carbocycles. The van der Waals surface area contributed by atoms with Crippen molar-refractivity contribution in [1.82, 2.24) is 5.32 Å². The second kappa shape index (κ2) is 7.44. The standard InChI is InChI=1S/C13H27NOS/c1-11(2)12-5-7-13(8-6-12)14-9-4-10-16(3)15/h11-14H,4-10H2,1-3H3. The van der Waals surface area contributed by atoms with Crippen LogP contribution in [0.2, 0.25) is 0 Å². The van der Waals surface area contributed by atoms with Gasteiger partial charge in [-0.3, -0.25) is 4.21 Å². The first-order chi connectivity index (χ1) is 7.59. The zero-order chi connectivity index (χ0) is 12.0. The van der Waals surface area contributed by atoms with E-state index in [0.717, 1.165) is 36.6 Å². The van der Waals surface area contributed by atoms with Crippen LogP contribution in [0, 0.1) is 11.8 Å². The van der Waals surface area contributed by atoms with Crippen LogP contribution in [0.5, 0.6) is 0 Å². The number of hydrogen-bond acceptors (Lipinski definition) is 2. The van der Waals surface area contributed by atoms with Gasteiger partial charge in [0.1, 0.15) is 0 Å². The average Bonchev–Trinajstić information content (AvgIpc) is 2.25. The quantitative estimate of drug-likeness (QED) is 0.729. The topological polar surface area (TPSA) is 29.1 Å². The van der Waals surface area contributed by atoms with Gasteiger partial charge in [0.25, 0.3) is 0 Å². The average molecular weight is 245 g/mol. The molecule has 16 heavy (non-hydrogen) atoms. The summed E-state index contributed by atoms with van der Waals surface area (Å²) in [4.78, 5) is 0. The van der Waals surface area contributed by atoms with E-state index in [-0.39, 0.29) is 0 Å². The zero-order valence-electron chi connectivity index (χ0n) is 11.0. The molecule has 2 nitrogen and oxygen atoms in total. The molecule has 0 amide bonds. The predicted octanol–water partition coefficient (Wildman–Crippen LogP) is 2.56. The highest BCUT2D eigenvalue weighted by atomic mass is 32.2. The molecular weight excluding hydrogens is 218 g/mol. The van der Waals surface area contributed by atoms with Gasteiger partial charge in [0.05, 0.1) is 0 Å². The number of hydrogen-bond donors (Lipinski definition) is 1. The minimum absolute atomic E-state index is 0.624. The van der Waals surface area contributed by atoms with Crippen LogP contribution < -0.4 is 5.32 Å². The van der Waals surface area contributed by atoms with Crippen LogP contribution in [0.1, 0.15) is 46.0 Å². The molecule has 0 radical (unpaired) electrons. The van der Waals surface area contributed by atoms with Crippen molar-refractivity contribution in [2.75, 3.05) is 18.6 Å². The molecular formula is C13H27NOS. The molecule has 1 aliphatic rings. The van der Waals surface area contributed by atoms with E-state index in [4.69, 9.17) is 0 Å². The molecule has 1 unspecified atom stereocenters. The third-order valence-corrected chi connectivity index (χ3v) is 4.62. The van der Waals surface area contributed by atoms with E-state index < -0.39 is 10.8 Å². The Bertz CT molecular complexity index is 210. The molecule has 1 rings (SSSR count). The van der Waals surface area contributed by atoms with Crippen molar-refractivity contribution in [3.63, 3.8) is 0 Å². The van der Waals surface area contributed by atoms with Gasteiger partial charge in [-0.1, -0.05) is 13.8 Å². The molecule has 0 aromatic heterocycles. The summed E-state index contributed by atoms with van der Waals surface area (Å²) in [5.74, 6) is 2.64. The third-order valence-electron chi connectivity index (χ3n) is 3.76. The van der Waals surface area contributed by atoms with Crippen LogP contribution in [0.15, 0.2) is 0 Å². The Kier molecular flexibility index (Phi) is 6.59. The molecule has 1 atom stereocenters. The van der Waals surface area contributed by atoms with Gasteiger partial charge in [0.2, 0.25) is 0 Å². The van der Waals surface area contributed by atoms with Crippen molar-refractivity contribution < 1.29 is 4.21 Å². The van der Waals surface area contributed by atoms with Crippen molar-refractivity contribution >= 4 is 10.8 Å². The second-order valence-corrected chi connectivity index (χ2v) is 7.00. The fourth-order valence-electron chi connectivity index (χ4n) is 2.57. The summed E-state index contributed by atoms with van der Waals surface area (Å²) in [5.41, 5.74) is 0. The van der Waals surface area contributed by atoms with E-state index in [1.807, 2.05) is 0 Å². The Balaban J connectivity index is 2.06. The van der Waals surface area contributed by atoms with Crippen LogP contribution in [-0.2, 0) is 10.8 Å². The minimum atomic E-state index is -0.624. The second-order valence-electron chi connectivity index (χ2n) is 5.44. The molecule has 1 fully saturated rings. The zero-order valence-corrected chi connectivity index (χ0v) is 11.8. The van der Waals surface area contributed by atoms with Crippen molar-refractivity contribution in [1.29, 1.82) is 0 Å². The predicted molar refractivity (Wildman–Crippen MR) is 72.1 cm³/mol. The van der Waals surface area contributed by atoms with Crippen molar-refractivity contribution in [2.24, 2.45) is 11.8 Å². The van der Waals surface area contributed by atoms with Crippen LogP contribution >= 0.6 is 0 Å². The fourth-order valence-corrected chi connectivity index (χ4v) is 3.12. The van der Waals surface area contributed by atoms with Gasteiger partial charge in [-0.15, -0.1) is 0 Å². The SMILES string of the molecule is CC(C)C1CCC(NCCCS(C)=O)CC1. The Morgan fingerprint density at radius 2 is 1.88 bits per heavy atom. The van der Waals surface area contributed by atoms with E-state index in [9.17, 15) is 4.21 Å². The lowest BCUT2D eigenvalue weighted by Gasteiger charge is -2.31. The number of nitrogens with one attached hydrogen (secondary N) is 1.